The van der Waals surface area contributed by atoms with Crippen LogP contribution in [0, 0.1) is 41.4 Å². The van der Waals surface area contributed by atoms with E-state index in [1.54, 1.807) is 18.2 Å². The molecule has 0 saturated carbocycles. The number of fused-ring (bicyclic) bond motifs is 1. The number of halogens is 2. The number of nitrogens with zero attached hydrogens (tertiary/aromatic N) is 2. The molecule has 0 aliphatic carbocycles. The zero-order valence-electron chi connectivity index (χ0n) is 21.1. The van der Waals surface area contributed by atoms with Gasteiger partial charge in [-0.2, -0.15) is 5.26 Å². The van der Waals surface area contributed by atoms with Crippen molar-refractivity contribution in [3.05, 3.63) is 89.1 Å². The Kier molecular flexibility index (Phi) is 7.17. The molecule has 1 N–H and O–H groups in total. The molecule has 0 saturated heterocycles. The highest BCUT2D eigenvalue weighted by Crippen LogP contribution is 2.40. The van der Waals surface area contributed by atoms with Crippen molar-refractivity contribution in [1.29, 1.82) is 5.26 Å². The molecule has 1 unspecified atom stereocenters. The SMILES string of the molecule is Cc1ccc(S(=O)(=O)n2ccc3c(C(O)C#C[Si](C)(C)C)c(Oc4ccc(F)c(C#N)c4)c(F)cc32)cc1. The van der Waals surface area contributed by atoms with E-state index in [1.165, 1.54) is 30.5 Å². The van der Waals surface area contributed by atoms with Gasteiger partial charge in [-0.15, -0.1) is 5.54 Å². The van der Waals surface area contributed by atoms with E-state index in [0.717, 1.165) is 27.7 Å². The highest BCUT2D eigenvalue weighted by molar-refractivity contribution is 7.90. The maximum Gasteiger partial charge on any atom is 0.268 e. The summed E-state index contributed by atoms with van der Waals surface area (Å²) in [5.74, 6) is 0.565. The predicted molar refractivity (Wildman–Crippen MR) is 143 cm³/mol. The van der Waals surface area contributed by atoms with E-state index in [4.69, 9.17) is 10.00 Å². The maximum atomic E-state index is 15.6. The van der Waals surface area contributed by atoms with Crippen molar-refractivity contribution in [2.45, 2.75) is 37.6 Å². The first-order chi connectivity index (χ1) is 17.8. The van der Waals surface area contributed by atoms with Crippen LogP contribution in [0.5, 0.6) is 11.5 Å². The van der Waals surface area contributed by atoms with Gasteiger partial charge in [0, 0.05) is 29.3 Å². The molecule has 0 amide bonds. The first kappa shape index (κ1) is 27.1. The molecular weight excluding hydrogens is 526 g/mol. The van der Waals surface area contributed by atoms with Gasteiger partial charge < -0.3 is 9.84 Å². The van der Waals surface area contributed by atoms with Gasteiger partial charge in [0.05, 0.1) is 16.0 Å². The molecule has 1 aromatic heterocycles. The molecule has 0 spiro atoms. The molecule has 194 valence electrons. The Morgan fingerprint density at radius 1 is 1.03 bits per heavy atom. The summed E-state index contributed by atoms with van der Waals surface area (Å²) < 4.78 is 62.9. The molecule has 0 aliphatic rings. The molecule has 1 heterocycles. The van der Waals surface area contributed by atoms with Crippen LogP contribution in [0.2, 0.25) is 19.6 Å². The second-order valence-corrected chi connectivity index (χ2v) is 16.3. The fourth-order valence-corrected chi connectivity index (χ4v) is 5.68. The maximum absolute atomic E-state index is 15.6. The second-order valence-electron chi connectivity index (χ2n) is 9.74. The van der Waals surface area contributed by atoms with Crippen LogP contribution in [-0.4, -0.2) is 25.6 Å². The normalized spacial score (nSPS) is 12.5. The minimum atomic E-state index is -4.10. The summed E-state index contributed by atoms with van der Waals surface area (Å²) >= 11 is 0. The number of aryl methyl sites for hydroxylation is 1. The summed E-state index contributed by atoms with van der Waals surface area (Å²) in [5, 5.41) is 20.5. The van der Waals surface area contributed by atoms with E-state index in [1.807, 2.05) is 26.6 Å². The van der Waals surface area contributed by atoms with Crippen molar-refractivity contribution < 1.29 is 27.0 Å². The van der Waals surface area contributed by atoms with E-state index in [2.05, 4.69) is 11.5 Å². The second kappa shape index (κ2) is 10.1. The Morgan fingerprint density at radius 3 is 2.34 bits per heavy atom. The lowest BCUT2D eigenvalue weighted by Crippen LogP contribution is -2.17. The van der Waals surface area contributed by atoms with E-state index in [9.17, 15) is 17.9 Å². The first-order valence-electron chi connectivity index (χ1n) is 11.6. The lowest BCUT2D eigenvalue weighted by Gasteiger charge is -2.17. The average Bonchev–Trinajstić information content (AvgIpc) is 3.27. The fourth-order valence-electron chi connectivity index (χ4n) is 3.77. The van der Waals surface area contributed by atoms with E-state index in [-0.39, 0.29) is 32.7 Å². The van der Waals surface area contributed by atoms with Crippen LogP contribution in [0.25, 0.3) is 10.9 Å². The topological polar surface area (TPSA) is 92.3 Å². The van der Waals surface area contributed by atoms with Gasteiger partial charge in [-0.1, -0.05) is 43.3 Å². The van der Waals surface area contributed by atoms with Crippen LogP contribution in [0.1, 0.15) is 22.8 Å². The average molecular weight is 551 g/mol. The van der Waals surface area contributed by atoms with E-state index >= 15 is 4.39 Å². The highest BCUT2D eigenvalue weighted by atomic mass is 32.2. The summed E-state index contributed by atoms with van der Waals surface area (Å²) in [4.78, 5) is 0.0114. The van der Waals surface area contributed by atoms with E-state index in [0.29, 0.717) is 0 Å². The van der Waals surface area contributed by atoms with Gasteiger partial charge in [-0.05, 0) is 37.3 Å². The zero-order valence-corrected chi connectivity index (χ0v) is 22.9. The summed E-state index contributed by atoms with van der Waals surface area (Å²) in [6.45, 7) is 7.74. The third kappa shape index (κ3) is 5.34. The van der Waals surface area contributed by atoms with Crippen molar-refractivity contribution in [2.75, 3.05) is 0 Å². The Hall–Kier alpha value is -3.96. The quantitative estimate of drug-likeness (QED) is 0.242. The smallest absolute Gasteiger partial charge is 0.268 e. The summed E-state index contributed by atoms with van der Waals surface area (Å²) in [6, 6.07) is 13.7. The number of aromatic nitrogens is 1. The largest absolute Gasteiger partial charge is 0.454 e. The minimum absolute atomic E-state index is 0.0114. The number of aliphatic hydroxyl groups is 1. The summed E-state index contributed by atoms with van der Waals surface area (Å²) in [5.41, 5.74) is 3.51. The number of hydrogen-bond acceptors (Lipinski definition) is 5. The third-order valence-electron chi connectivity index (χ3n) is 5.62. The first-order valence-corrected chi connectivity index (χ1v) is 16.5. The molecule has 10 heteroatoms. The molecule has 3 aromatic carbocycles. The fraction of sp³-hybridized carbons (Fsp3) is 0.179. The van der Waals surface area contributed by atoms with Crippen LogP contribution in [0.3, 0.4) is 0 Å². The van der Waals surface area contributed by atoms with Gasteiger partial charge in [-0.25, -0.2) is 21.2 Å². The monoisotopic (exact) mass is 550 g/mol. The van der Waals surface area contributed by atoms with Crippen molar-refractivity contribution >= 4 is 29.0 Å². The molecule has 1 atom stereocenters. The lowest BCUT2D eigenvalue weighted by molar-refractivity contribution is 0.234. The summed E-state index contributed by atoms with van der Waals surface area (Å²) in [7, 11) is -6.05. The Balaban J connectivity index is 1.95. The standard InChI is InChI=1S/C28H24F2N2O4SSi/c1-18-5-8-21(9-6-18)37(34,35)32-13-11-22-25(32)16-24(30)28(27(22)26(33)12-14-38(2,3)4)36-20-7-10-23(29)19(15-20)17-31/h5-11,13,15-16,26,33H,1-4H3. The predicted octanol–water partition coefficient (Wildman–Crippen LogP) is 6.04. The van der Waals surface area contributed by atoms with Crippen LogP contribution < -0.4 is 4.74 Å². The molecule has 0 aliphatic heterocycles. The molecule has 0 radical (unpaired) electrons. The van der Waals surface area contributed by atoms with Crippen LogP contribution in [-0.2, 0) is 10.0 Å². The van der Waals surface area contributed by atoms with Gasteiger partial charge >= 0.3 is 0 Å². The molecule has 4 aromatic rings. The van der Waals surface area contributed by atoms with Crippen LogP contribution >= 0.6 is 0 Å². The highest BCUT2D eigenvalue weighted by Gasteiger charge is 2.27. The number of nitriles is 1. The van der Waals surface area contributed by atoms with Gasteiger partial charge in [0.15, 0.2) is 11.6 Å². The number of hydrogen-bond donors (Lipinski definition) is 1. The van der Waals surface area contributed by atoms with Crippen molar-refractivity contribution in [1.82, 2.24) is 3.97 Å². The molecule has 0 fully saturated rings. The molecule has 6 nitrogen and oxygen atoms in total. The third-order valence-corrected chi connectivity index (χ3v) is 8.22. The molecule has 38 heavy (non-hydrogen) atoms. The van der Waals surface area contributed by atoms with Gasteiger partial charge in [0.1, 0.15) is 31.8 Å². The van der Waals surface area contributed by atoms with Crippen molar-refractivity contribution in [2.24, 2.45) is 0 Å². The Bertz CT molecular complexity index is 1760. The van der Waals surface area contributed by atoms with Gasteiger partial charge in [0.2, 0.25) is 0 Å². The van der Waals surface area contributed by atoms with Gasteiger partial charge in [0.25, 0.3) is 10.0 Å². The van der Waals surface area contributed by atoms with Crippen molar-refractivity contribution in [3.63, 3.8) is 0 Å². The Labute approximate surface area is 220 Å². The van der Waals surface area contributed by atoms with E-state index < -0.39 is 41.6 Å². The molecule has 0 bridgehead atoms. The minimum Gasteiger partial charge on any atom is -0.454 e. The Morgan fingerprint density at radius 2 is 1.71 bits per heavy atom. The number of rotatable bonds is 5. The zero-order chi connectivity index (χ0) is 27.8. The van der Waals surface area contributed by atoms with Crippen molar-refractivity contribution in [3.8, 4) is 29.0 Å². The number of benzene rings is 3. The summed E-state index contributed by atoms with van der Waals surface area (Å²) in [6.07, 6.45) is -0.250. The van der Waals surface area contributed by atoms with Crippen LogP contribution in [0.15, 0.2) is 65.7 Å². The molecular formula is C28H24F2N2O4SSi. The van der Waals surface area contributed by atoms with Gasteiger partial charge in [-0.3, -0.25) is 0 Å². The van der Waals surface area contributed by atoms with Crippen LogP contribution in [0.4, 0.5) is 8.78 Å². The number of aliphatic hydroxyl groups excluding tert-OH is 1. The lowest BCUT2D eigenvalue weighted by atomic mass is 10.0. The molecule has 4 rings (SSSR count). The number of ether oxygens (including phenoxy) is 1.